The number of halogens is 1. The van der Waals surface area contributed by atoms with Gasteiger partial charge in [0.15, 0.2) is 0 Å². The quantitative estimate of drug-likeness (QED) is 0.734. The normalized spacial score (nSPS) is 15.2. The van der Waals surface area contributed by atoms with Crippen molar-refractivity contribution in [2.24, 2.45) is 0 Å². The van der Waals surface area contributed by atoms with Gasteiger partial charge in [-0.25, -0.2) is 0 Å². The molecular formula is C7H14BrNO2S. The second-order valence-corrected chi connectivity index (χ2v) is 4.92. The zero-order chi connectivity index (χ0) is 9.56. The van der Waals surface area contributed by atoms with E-state index in [1.807, 2.05) is 6.92 Å². The Morgan fingerprint density at radius 2 is 2.25 bits per heavy atom. The number of nitrogens with one attached hydrogen (secondary N) is 1. The topological polar surface area (TPSA) is 46.2 Å². The van der Waals surface area contributed by atoms with E-state index in [2.05, 4.69) is 21.2 Å². The molecule has 3 nitrogen and oxygen atoms in total. The minimum atomic E-state index is -0.842. The molecule has 0 aliphatic heterocycles. The predicted molar refractivity (Wildman–Crippen MR) is 54.9 cm³/mol. The lowest BCUT2D eigenvalue weighted by molar-refractivity contribution is -0.121. The number of hydrogen-bond acceptors (Lipinski definition) is 2. The van der Waals surface area contributed by atoms with Gasteiger partial charge in [-0.2, -0.15) is 0 Å². The van der Waals surface area contributed by atoms with Crippen LogP contribution in [0.4, 0.5) is 0 Å². The smallest absolute Gasteiger partial charge is 0.221 e. The van der Waals surface area contributed by atoms with Crippen LogP contribution in [-0.4, -0.2) is 33.5 Å². The molecular weight excluding hydrogens is 242 g/mol. The summed E-state index contributed by atoms with van der Waals surface area (Å²) in [5.74, 6) is 0.526. The van der Waals surface area contributed by atoms with Crippen LogP contribution in [0.15, 0.2) is 0 Å². The molecule has 0 aliphatic rings. The van der Waals surface area contributed by atoms with E-state index in [0.717, 1.165) is 0 Å². The monoisotopic (exact) mass is 255 g/mol. The Bertz CT molecular complexity index is 175. The number of carbonyl (C=O) groups excluding carboxylic acids is 1. The van der Waals surface area contributed by atoms with Crippen molar-refractivity contribution in [1.82, 2.24) is 5.32 Å². The fraction of sp³-hybridized carbons (Fsp3) is 0.857. The highest BCUT2D eigenvalue weighted by molar-refractivity contribution is 9.09. The molecule has 1 amide bonds. The van der Waals surface area contributed by atoms with E-state index in [0.29, 0.717) is 17.5 Å². The molecule has 0 aromatic heterocycles. The number of hydrogen-bond donors (Lipinski definition) is 1. The minimum Gasteiger partial charge on any atom is -0.353 e. The van der Waals surface area contributed by atoms with Gasteiger partial charge in [-0.05, 0) is 6.92 Å². The molecule has 0 heterocycles. The maximum atomic E-state index is 11.0. The Hall–Kier alpha value is 0.1000. The molecule has 2 atom stereocenters. The van der Waals surface area contributed by atoms with Crippen molar-refractivity contribution in [2.45, 2.75) is 19.4 Å². The Morgan fingerprint density at radius 1 is 1.67 bits per heavy atom. The minimum absolute atomic E-state index is 0.00221. The fourth-order valence-electron chi connectivity index (χ4n) is 0.827. The van der Waals surface area contributed by atoms with Crippen molar-refractivity contribution >= 4 is 32.6 Å². The van der Waals surface area contributed by atoms with Crippen LogP contribution < -0.4 is 5.32 Å². The maximum absolute atomic E-state index is 11.0. The van der Waals surface area contributed by atoms with Gasteiger partial charge in [0.2, 0.25) is 5.91 Å². The van der Waals surface area contributed by atoms with Crippen molar-refractivity contribution in [3.63, 3.8) is 0 Å². The van der Waals surface area contributed by atoms with Crippen molar-refractivity contribution in [1.29, 1.82) is 0 Å². The second-order valence-electron chi connectivity index (χ2n) is 2.65. The van der Waals surface area contributed by atoms with Crippen molar-refractivity contribution < 1.29 is 9.00 Å². The highest BCUT2D eigenvalue weighted by Gasteiger charge is 2.07. The first-order valence-electron chi connectivity index (χ1n) is 3.71. The third-order valence-electron chi connectivity index (χ3n) is 1.21. The van der Waals surface area contributed by atoms with Gasteiger partial charge >= 0.3 is 0 Å². The Balaban J connectivity index is 3.61. The lowest BCUT2D eigenvalue weighted by atomic mass is 10.3. The second kappa shape index (κ2) is 6.60. The van der Waals surface area contributed by atoms with E-state index >= 15 is 0 Å². The van der Waals surface area contributed by atoms with Crippen LogP contribution in [0, 0.1) is 0 Å². The van der Waals surface area contributed by atoms with E-state index in [-0.39, 0.29) is 11.9 Å². The molecule has 2 unspecified atom stereocenters. The number of alkyl halides is 1. The SMILES string of the molecule is CC(CS(C)=O)NC(=O)CCBr. The molecule has 0 aromatic rings. The molecule has 0 aliphatic carbocycles. The van der Waals surface area contributed by atoms with Crippen molar-refractivity contribution in [2.75, 3.05) is 17.3 Å². The van der Waals surface area contributed by atoms with E-state index in [1.165, 1.54) is 0 Å². The lowest BCUT2D eigenvalue weighted by Crippen LogP contribution is -2.36. The summed E-state index contributed by atoms with van der Waals surface area (Å²) in [6, 6.07) is 0.00221. The first kappa shape index (κ1) is 12.1. The van der Waals surface area contributed by atoms with Gasteiger partial charge in [-0.15, -0.1) is 0 Å². The molecule has 0 bridgehead atoms. The molecule has 0 rings (SSSR count). The Kier molecular flexibility index (Phi) is 6.65. The Morgan fingerprint density at radius 3 is 2.67 bits per heavy atom. The van der Waals surface area contributed by atoms with Crippen LogP contribution in [0.25, 0.3) is 0 Å². The largest absolute Gasteiger partial charge is 0.353 e. The molecule has 0 spiro atoms. The van der Waals surface area contributed by atoms with Crippen LogP contribution in [0.5, 0.6) is 0 Å². The third kappa shape index (κ3) is 6.79. The summed E-state index contributed by atoms with van der Waals surface area (Å²) in [5.41, 5.74) is 0. The third-order valence-corrected chi connectivity index (χ3v) is 2.58. The first-order chi connectivity index (χ1) is 5.56. The fourth-order valence-corrected chi connectivity index (χ4v) is 1.97. The predicted octanol–water partition coefficient (Wildman–Crippen LogP) is 0.655. The van der Waals surface area contributed by atoms with Crippen LogP contribution in [-0.2, 0) is 15.6 Å². The van der Waals surface area contributed by atoms with Crippen LogP contribution in [0.1, 0.15) is 13.3 Å². The Labute approximate surface area is 83.9 Å². The highest BCUT2D eigenvalue weighted by Crippen LogP contribution is 1.90. The zero-order valence-electron chi connectivity index (χ0n) is 7.30. The summed E-state index contributed by atoms with van der Waals surface area (Å²) >= 11 is 3.17. The molecule has 0 saturated carbocycles. The van der Waals surface area contributed by atoms with Crippen LogP contribution in [0.3, 0.4) is 0 Å². The summed E-state index contributed by atoms with van der Waals surface area (Å²) in [6.45, 7) is 1.85. The summed E-state index contributed by atoms with van der Waals surface area (Å²) < 4.78 is 10.7. The van der Waals surface area contributed by atoms with Gasteiger partial charge < -0.3 is 5.32 Å². The van der Waals surface area contributed by atoms with E-state index < -0.39 is 10.8 Å². The standard InChI is InChI=1S/C7H14BrNO2S/c1-6(5-12(2)11)9-7(10)3-4-8/h6H,3-5H2,1-2H3,(H,9,10). The molecule has 0 saturated heterocycles. The van der Waals surface area contributed by atoms with E-state index in [4.69, 9.17) is 0 Å². The van der Waals surface area contributed by atoms with Gasteiger partial charge in [0.05, 0.1) is 0 Å². The molecule has 5 heteroatoms. The van der Waals surface area contributed by atoms with Gasteiger partial charge in [-0.1, -0.05) is 15.9 Å². The number of amides is 1. The average molecular weight is 256 g/mol. The molecule has 0 radical (unpaired) electrons. The lowest BCUT2D eigenvalue weighted by Gasteiger charge is -2.11. The highest BCUT2D eigenvalue weighted by atomic mass is 79.9. The van der Waals surface area contributed by atoms with Gasteiger partial charge in [0.25, 0.3) is 0 Å². The van der Waals surface area contributed by atoms with Gasteiger partial charge in [-0.3, -0.25) is 9.00 Å². The average Bonchev–Trinajstić information content (AvgIpc) is 1.84. The van der Waals surface area contributed by atoms with E-state index in [9.17, 15) is 9.00 Å². The molecule has 1 N–H and O–H groups in total. The first-order valence-corrected chi connectivity index (χ1v) is 6.56. The molecule has 12 heavy (non-hydrogen) atoms. The molecule has 0 fully saturated rings. The summed E-state index contributed by atoms with van der Waals surface area (Å²) in [5, 5.41) is 3.42. The molecule has 0 aromatic carbocycles. The van der Waals surface area contributed by atoms with Crippen molar-refractivity contribution in [3.8, 4) is 0 Å². The van der Waals surface area contributed by atoms with Crippen LogP contribution >= 0.6 is 15.9 Å². The molecule has 72 valence electrons. The van der Waals surface area contributed by atoms with E-state index in [1.54, 1.807) is 6.26 Å². The van der Waals surface area contributed by atoms with Crippen LogP contribution in [0.2, 0.25) is 0 Å². The van der Waals surface area contributed by atoms with Gasteiger partial charge in [0, 0.05) is 40.6 Å². The van der Waals surface area contributed by atoms with Gasteiger partial charge in [0.1, 0.15) is 0 Å². The maximum Gasteiger partial charge on any atom is 0.221 e. The number of carbonyl (C=O) groups is 1. The summed E-state index contributed by atoms with van der Waals surface area (Å²) in [6.07, 6.45) is 2.10. The van der Waals surface area contributed by atoms with Crippen molar-refractivity contribution in [3.05, 3.63) is 0 Å². The number of rotatable bonds is 5. The zero-order valence-corrected chi connectivity index (χ0v) is 9.70. The summed E-state index contributed by atoms with van der Waals surface area (Å²) in [7, 11) is -0.842. The summed E-state index contributed by atoms with van der Waals surface area (Å²) in [4.78, 5) is 11.0.